The van der Waals surface area contributed by atoms with Crippen molar-refractivity contribution < 1.29 is 4.39 Å². The van der Waals surface area contributed by atoms with Gasteiger partial charge >= 0.3 is 0 Å². The molecule has 0 saturated heterocycles. The summed E-state index contributed by atoms with van der Waals surface area (Å²) in [5.74, 6) is 0.404. The molecule has 0 unspecified atom stereocenters. The third-order valence-electron chi connectivity index (χ3n) is 2.34. The zero-order valence-electron chi connectivity index (χ0n) is 9.46. The van der Waals surface area contributed by atoms with Crippen molar-refractivity contribution in [1.29, 1.82) is 0 Å². The Morgan fingerprint density at radius 3 is 2.40 bits per heavy atom. The molecule has 0 amide bonds. The maximum Gasteiger partial charge on any atom is 0.126 e. The van der Waals surface area contributed by atoms with Crippen LogP contribution in [0.3, 0.4) is 0 Å². The number of benzene rings is 1. The lowest BCUT2D eigenvalue weighted by Gasteiger charge is -2.15. The summed E-state index contributed by atoms with van der Waals surface area (Å²) in [4.78, 5) is 0. The largest absolute Gasteiger partial charge is 0.324 e. The molecule has 0 fully saturated rings. The van der Waals surface area contributed by atoms with Gasteiger partial charge < -0.3 is 5.73 Å². The third kappa shape index (κ3) is 4.18. The second-order valence-corrected chi connectivity index (χ2v) is 4.24. The van der Waals surface area contributed by atoms with Crippen molar-refractivity contribution in [3.05, 3.63) is 35.1 Å². The van der Waals surface area contributed by atoms with Crippen molar-refractivity contribution >= 4 is 12.4 Å². The van der Waals surface area contributed by atoms with Gasteiger partial charge in [0.1, 0.15) is 5.82 Å². The van der Waals surface area contributed by atoms with Gasteiger partial charge in [0.2, 0.25) is 0 Å². The van der Waals surface area contributed by atoms with Gasteiger partial charge in [0, 0.05) is 6.04 Å². The number of nitrogens with two attached hydrogens (primary N) is 1. The molecule has 0 bridgehead atoms. The van der Waals surface area contributed by atoms with Gasteiger partial charge in [-0.3, -0.25) is 0 Å². The summed E-state index contributed by atoms with van der Waals surface area (Å²) >= 11 is 0. The summed E-state index contributed by atoms with van der Waals surface area (Å²) in [5.41, 5.74) is 7.69. The van der Waals surface area contributed by atoms with E-state index in [1.165, 1.54) is 6.07 Å². The van der Waals surface area contributed by atoms with Crippen LogP contribution in [0.4, 0.5) is 4.39 Å². The fourth-order valence-electron chi connectivity index (χ4n) is 1.54. The van der Waals surface area contributed by atoms with Crippen molar-refractivity contribution in [2.75, 3.05) is 0 Å². The summed E-state index contributed by atoms with van der Waals surface area (Å²) in [5, 5.41) is 0. The maximum atomic E-state index is 13.0. The normalized spacial score (nSPS) is 12.4. The molecular formula is C12H19ClFN. The molecule has 2 N–H and O–H groups in total. The van der Waals surface area contributed by atoms with E-state index in [1.54, 1.807) is 13.0 Å². The van der Waals surface area contributed by atoms with Crippen LogP contribution in [-0.2, 0) is 0 Å². The minimum atomic E-state index is -0.162. The fraction of sp³-hybridized carbons (Fsp3) is 0.500. The molecule has 15 heavy (non-hydrogen) atoms. The lowest BCUT2D eigenvalue weighted by molar-refractivity contribution is 0.508. The number of halogens is 2. The van der Waals surface area contributed by atoms with Crippen LogP contribution in [0.15, 0.2) is 18.2 Å². The Labute approximate surface area is 97.3 Å². The second kappa shape index (κ2) is 6.09. The average molecular weight is 232 g/mol. The molecule has 3 heteroatoms. The topological polar surface area (TPSA) is 26.0 Å². The summed E-state index contributed by atoms with van der Waals surface area (Å²) < 4.78 is 13.0. The Kier molecular flexibility index (Phi) is 5.84. The first-order valence-corrected chi connectivity index (χ1v) is 5.02. The van der Waals surface area contributed by atoms with Gasteiger partial charge in [-0.05, 0) is 36.5 Å². The van der Waals surface area contributed by atoms with E-state index < -0.39 is 0 Å². The maximum absolute atomic E-state index is 13.0. The summed E-state index contributed by atoms with van der Waals surface area (Å²) in [6.45, 7) is 6.04. The molecule has 1 rings (SSSR count). The predicted molar refractivity (Wildman–Crippen MR) is 64.8 cm³/mol. The Bertz CT molecular complexity index is 312. The van der Waals surface area contributed by atoms with Crippen molar-refractivity contribution in [3.63, 3.8) is 0 Å². The summed E-state index contributed by atoms with van der Waals surface area (Å²) in [6.07, 6.45) is 0.936. The van der Waals surface area contributed by atoms with E-state index >= 15 is 0 Å². The van der Waals surface area contributed by atoms with Gasteiger partial charge in [0.25, 0.3) is 0 Å². The first-order chi connectivity index (χ1) is 6.50. The van der Waals surface area contributed by atoms with E-state index in [0.29, 0.717) is 11.5 Å². The van der Waals surface area contributed by atoms with Crippen LogP contribution in [0.1, 0.15) is 37.4 Å². The molecule has 1 nitrogen and oxygen atoms in total. The van der Waals surface area contributed by atoms with E-state index in [-0.39, 0.29) is 24.3 Å². The smallest absolute Gasteiger partial charge is 0.126 e. The zero-order valence-corrected chi connectivity index (χ0v) is 10.3. The van der Waals surface area contributed by atoms with Gasteiger partial charge in [-0.2, -0.15) is 0 Å². The van der Waals surface area contributed by atoms with Crippen LogP contribution in [0.25, 0.3) is 0 Å². The van der Waals surface area contributed by atoms with Crippen LogP contribution in [-0.4, -0.2) is 0 Å². The fourth-order valence-corrected chi connectivity index (χ4v) is 1.54. The van der Waals surface area contributed by atoms with E-state index in [2.05, 4.69) is 13.8 Å². The molecule has 0 aliphatic carbocycles. The highest BCUT2D eigenvalue weighted by Crippen LogP contribution is 2.20. The lowest BCUT2D eigenvalue weighted by Crippen LogP contribution is -2.13. The van der Waals surface area contributed by atoms with Crippen molar-refractivity contribution in [3.8, 4) is 0 Å². The van der Waals surface area contributed by atoms with Crippen LogP contribution < -0.4 is 5.73 Å². The Balaban J connectivity index is 0.00000196. The van der Waals surface area contributed by atoms with Crippen molar-refractivity contribution in [2.45, 2.75) is 33.2 Å². The van der Waals surface area contributed by atoms with Crippen molar-refractivity contribution in [2.24, 2.45) is 11.7 Å². The van der Waals surface area contributed by atoms with Gasteiger partial charge in [0.15, 0.2) is 0 Å². The number of hydrogen-bond donors (Lipinski definition) is 1. The monoisotopic (exact) mass is 231 g/mol. The molecule has 1 aromatic carbocycles. The molecule has 1 aromatic rings. The first-order valence-electron chi connectivity index (χ1n) is 5.02. The molecule has 0 saturated carbocycles. The third-order valence-corrected chi connectivity index (χ3v) is 2.34. The number of rotatable bonds is 3. The molecule has 0 spiro atoms. The molecule has 0 heterocycles. The van der Waals surface area contributed by atoms with Crippen LogP contribution in [0.5, 0.6) is 0 Å². The molecule has 86 valence electrons. The van der Waals surface area contributed by atoms with Crippen LogP contribution in [0.2, 0.25) is 0 Å². The minimum Gasteiger partial charge on any atom is -0.324 e. The molecule has 0 aliphatic heterocycles. The van der Waals surface area contributed by atoms with Crippen LogP contribution >= 0.6 is 12.4 Å². The van der Waals surface area contributed by atoms with Gasteiger partial charge in [-0.1, -0.05) is 26.0 Å². The van der Waals surface area contributed by atoms with Crippen molar-refractivity contribution in [1.82, 2.24) is 0 Å². The van der Waals surface area contributed by atoms with Crippen LogP contribution in [0, 0.1) is 18.7 Å². The lowest BCUT2D eigenvalue weighted by atomic mass is 9.97. The summed E-state index contributed by atoms with van der Waals surface area (Å²) in [7, 11) is 0. The molecule has 0 aliphatic rings. The van der Waals surface area contributed by atoms with E-state index in [1.807, 2.05) is 6.07 Å². The zero-order chi connectivity index (χ0) is 10.7. The highest BCUT2D eigenvalue weighted by molar-refractivity contribution is 5.85. The standard InChI is InChI=1S/C12H18FN.ClH/c1-8(2)6-12(14)10-4-5-11(13)9(3)7-10;/h4-5,7-8,12H,6,14H2,1-3H3;1H/t12-;/m0./s1. The van der Waals surface area contributed by atoms with E-state index in [4.69, 9.17) is 5.73 Å². The second-order valence-electron chi connectivity index (χ2n) is 4.24. The van der Waals surface area contributed by atoms with Gasteiger partial charge in [0.05, 0.1) is 0 Å². The first kappa shape index (κ1) is 14.4. The Hall–Kier alpha value is -0.600. The Morgan fingerprint density at radius 1 is 1.33 bits per heavy atom. The highest BCUT2D eigenvalue weighted by Gasteiger charge is 2.09. The molecule has 0 radical (unpaired) electrons. The SMILES string of the molecule is Cc1cc([C@@H](N)CC(C)C)ccc1F.Cl. The quantitative estimate of drug-likeness (QED) is 0.845. The molecule has 1 atom stereocenters. The predicted octanol–water partition coefficient (Wildman–Crippen LogP) is 3.60. The Morgan fingerprint density at radius 2 is 1.93 bits per heavy atom. The summed E-state index contributed by atoms with van der Waals surface area (Å²) in [6, 6.07) is 5.12. The number of aryl methyl sites for hydroxylation is 1. The minimum absolute atomic E-state index is 0. The highest BCUT2D eigenvalue weighted by atomic mass is 35.5. The van der Waals surface area contributed by atoms with E-state index in [9.17, 15) is 4.39 Å². The number of hydrogen-bond acceptors (Lipinski definition) is 1. The van der Waals surface area contributed by atoms with Gasteiger partial charge in [-0.25, -0.2) is 4.39 Å². The van der Waals surface area contributed by atoms with E-state index in [0.717, 1.165) is 12.0 Å². The molecule has 0 aromatic heterocycles. The average Bonchev–Trinajstić information content (AvgIpc) is 2.08. The molecular weight excluding hydrogens is 213 g/mol. The van der Waals surface area contributed by atoms with Gasteiger partial charge in [-0.15, -0.1) is 12.4 Å².